The number of nitrogens with zero attached hydrogens (tertiary/aromatic N) is 2. The predicted molar refractivity (Wildman–Crippen MR) is 98.5 cm³/mol. The molecule has 1 aliphatic carbocycles. The van der Waals surface area contributed by atoms with Crippen LogP contribution in [-0.4, -0.2) is 47.5 Å². The number of ether oxygens (including phenoxy) is 1. The van der Waals surface area contributed by atoms with Crippen molar-refractivity contribution in [2.75, 3.05) is 19.7 Å². The zero-order valence-electron chi connectivity index (χ0n) is 15.6. The molecular formula is C20H29N3O3. The number of hydrogen-bond acceptors (Lipinski definition) is 5. The fraction of sp³-hybridized carbons (Fsp3) is 0.650. The van der Waals surface area contributed by atoms with Crippen LogP contribution in [0.3, 0.4) is 0 Å². The van der Waals surface area contributed by atoms with Crippen LogP contribution in [-0.2, 0) is 33.6 Å². The van der Waals surface area contributed by atoms with Gasteiger partial charge >= 0.3 is 5.97 Å². The quantitative estimate of drug-likeness (QED) is 0.563. The Labute approximate surface area is 155 Å². The Balaban J connectivity index is 1.39. The molecule has 1 aromatic heterocycles. The Hall–Kier alpha value is -1.95. The molecule has 1 aromatic rings. The van der Waals surface area contributed by atoms with E-state index < -0.39 is 12.0 Å². The van der Waals surface area contributed by atoms with Crippen LogP contribution >= 0.6 is 0 Å². The average Bonchev–Trinajstić information content (AvgIpc) is 2.66. The zero-order valence-corrected chi connectivity index (χ0v) is 15.6. The van der Waals surface area contributed by atoms with Gasteiger partial charge < -0.3 is 15.4 Å². The molecule has 6 heteroatoms. The smallest absolute Gasteiger partial charge is 0.324 e. The first-order valence-corrected chi connectivity index (χ1v) is 9.77. The maximum atomic E-state index is 12.2. The second-order valence-electron chi connectivity index (χ2n) is 7.31. The fourth-order valence-corrected chi connectivity index (χ4v) is 3.82. The highest BCUT2D eigenvalue weighted by Gasteiger charge is 2.37. The molecule has 2 N–H and O–H groups in total. The number of aryl methyl sites for hydroxylation is 3. The highest BCUT2D eigenvalue weighted by Crippen LogP contribution is 2.24. The summed E-state index contributed by atoms with van der Waals surface area (Å²) in [4.78, 5) is 30.2. The van der Waals surface area contributed by atoms with E-state index in [1.807, 2.05) is 0 Å². The molecule has 142 valence electrons. The fourth-order valence-electron chi connectivity index (χ4n) is 3.82. The molecule has 3 rings (SSSR count). The van der Waals surface area contributed by atoms with E-state index in [9.17, 15) is 9.59 Å². The van der Waals surface area contributed by atoms with Gasteiger partial charge in [0.15, 0.2) is 0 Å². The minimum atomic E-state index is -0.750. The van der Waals surface area contributed by atoms with Crippen molar-refractivity contribution >= 4 is 11.9 Å². The van der Waals surface area contributed by atoms with E-state index in [-0.39, 0.29) is 18.4 Å². The van der Waals surface area contributed by atoms with E-state index >= 15 is 0 Å². The Morgan fingerprint density at radius 3 is 2.96 bits per heavy atom. The van der Waals surface area contributed by atoms with Crippen LogP contribution in [0, 0.1) is 5.92 Å². The molecule has 26 heavy (non-hydrogen) atoms. The SMILES string of the molecule is CCOC(=O)[C@@H](N)CN1CC(CCCc2ccc3c(n2)CCCC3)C1=O. The predicted octanol–water partition coefficient (Wildman–Crippen LogP) is 1.63. The molecule has 0 saturated carbocycles. The first-order chi connectivity index (χ1) is 12.6. The van der Waals surface area contributed by atoms with Gasteiger partial charge in [-0.15, -0.1) is 0 Å². The lowest BCUT2D eigenvalue weighted by Gasteiger charge is -2.39. The minimum absolute atomic E-state index is 0.0574. The molecule has 1 saturated heterocycles. The van der Waals surface area contributed by atoms with Crippen molar-refractivity contribution in [1.29, 1.82) is 0 Å². The molecule has 6 nitrogen and oxygen atoms in total. The summed E-state index contributed by atoms with van der Waals surface area (Å²) in [5, 5.41) is 0. The van der Waals surface area contributed by atoms with E-state index in [2.05, 4.69) is 12.1 Å². The number of nitrogens with two attached hydrogens (primary N) is 1. The van der Waals surface area contributed by atoms with E-state index in [4.69, 9.17) is 15.5 Å². The number of fused-ring (bicyclic) bond motifs is 1. The third-order valence-electron chi connectivity index (χ3n) is 5.33. The standard InChI is InChI=1S/C20H29N3O3/c1-2-26-20(25)17(21)13-23-12-15(19(23)24)7-5-8-16-11-10-14-6-3-4-9-18(14)22-16/h10-11,15,17H,2-9,12-13,21H2,1H3/t15?,17-/m0/s1. The van der Waals surface area contributed by atoms with Crippen LogP contribution in [0.5, 0.6) is 0 Å². The van der Waals surface area contributed by atoms with Crippen LogP contribution < -0.4 is 5.73 Å². The van der Waals surface area contributed by atoms with Crippen molar-refractivity contribution in [3.8, 4) is 0 Å². The maximum Gasteiger partial charge on any atom is 0.324 e. The third kappa shape index (κ3) is 4.41. The van der Waals surface area contributed by atoms with Gasteiger partial charge in [0.25, 0.3) is 0 Å². The molecule has 1 unspecified atom stereocenters. The topological polar surface area (TPSA) is 85.5 Å². The summed E-state index contributed by atoms with van der Waals surface area (Å²) >= 11 is 0. The summed E-state index contributed by atoms with van der Waals surface area (Å²) in [6.07, 6.45) is 7.50. The van der Waals surface area contributed by atoms with Crippen LogP contribution in [0.4, 0.5) is 0 Å². The van der Waals surface area contributed by atoms with Gasteiger partial charge in [0.2, 0.25) is 5.91 Å². The number of likely N-dealkylation sites (tertiary alicyclic amines) is 1. The van der Waals surface area contributed by atoms with Crippen molar-refractivity contribution in [3.05, 3.63) is 29.1 Å². The van der Waals surface area contributed by atoms with Crippen molar-refractivity contribution in [3.63, 3.8) is 0 Å². The van der Waals surface area contributed by atoms with E-state index in [1.165, 1.54) is 24.1 Å². The summed E-state index contributed by atoms with van der Waals surface area (Å²) in [6.45, 7) is 2.98. The number of carbonyl (C=O) groups excluding carboxylic acids is 2. The Bertz CT molecular complexity index is 662. The molecule has 0 spiro atoms. The van der Waals surface area contributed by atoms with Gasteiger partial charge in [0.05, 0.1) is 12.5 Å². The summed E-state index contributed by atoms with van der Waals surface area (Å²) in [5.74, 6) is -0.285. The lowest BCUT2D eigenvalue weighted by molar-refractivity contribution is -0.152. The molecule has 2 atom stereocenters. The van der Waals surface area contributed by atoms with Crippen molar-refractivity contribution < 1.29 is 14.3 Å². The van der Waals surface area contributed by atoms with Gasteiger partial charge in [-0.05, 0) is 63.5 Å². The first-order valence-electron chi connectivity index (χ1n) is 9.77. The molecule has 0 aromatic carbocycles. The molecule has 0 bridgehead atoms. The summed E-state index contributed by atoms with van der Waals surface area (Å²) < 4.78 is 4.88. The van der Waals surface area contributed by atoms with Gasteiger partial charge in [-0.25, -0.2) is 0 Å². The molecule has 1 fully saturated rings. The van der Waals surface area contributed by atoms with Gasteiger partial charge in [-0.2, -0.15) is 0 Å². The maximum absolute atomic E-state index is 12.2. The highest BCUT2D eigenvalue weighted by molar-refractivity contribution is 5.85. The number of hydrogen-bond donors (Lipinski definition) is 1. The van der Waals surface area contributed by atoms with Crippen molar-refractivity contribution in [2.24, 2.45) is 11.7 Å². The van der Waals surface area contributed by atoms with Crippen LogP contribution in [0.2, 0.25) is 0 Å². The van der Waals surface area contributed by atoms with Gasteiger partial charge in [-0.3, -0.25) is 14.6 Å². The third-order valence-corrected chi connectivity index (χ3v) is 5.33. The van der Waals surface area contributed by atoms with Gasteiger partial charge in [0.1, 0.15) is 6.04 Å². The summed E-state index contributed by atoms with van der Waals surface area (Å²) in [7, 11) is 0. The van der Waals surface area contributed by atoms with E-state index in [0.29, 0.717) is 13.2 Å². The number of amides is 1. The van der Waals surface area contributed by atoms with Gasteiger partial charge in [-0.1, -0.05) is 6.07 Å². The molecule has 0 radical (unpaired) electrons. The summed E-state index contributed by atoms with van der Waals surface area (Å²) in [6, 6.07) is 3.61. The molecule has 2 heterocycles. The Kier molecular flexibility index (Phi) is 6.25. The van der Waals surface area contributed by atoms with Gasteiger partial charge in [0, 0.05) is 24.5 Å². The lowest BCUT2D eigenvalue weighted by Crippen LogP contribution is -2.57. The van der Waals surface area contributed by atoms with E-state index in [0.717, 1.165) is 37.8 Å². The number of rotatable bonds is 8. The van der Waals surface area contributed by atoms with Crippen LogP contribution in [0.1, 0.15) is 49.6 Å². The molecule has 2 aliphatic rings. The monoisotopic (exact) mass is 359 g/mol. The lowest BCUT2D eigenvalue weighted by atomic mass is 9.91. The number of carbonyl (C=O) groups is 2. The zero-order chi connectivity index (χ0) is 18.5. The summed E-state index contributed by atoms with van der Waals surface area (Å²) in [5.41, 5.74) is 9.59. The average molecular weight is 359 g/mol. The second-order valence-corrected chi connectivity index (χ2v) is 7.31. The number of aromatic nitrogens is 1. The second kappa shape index (κ2) is 8.62. The number of esters is 1. The van der Waals surface area contributed by atoms with Crippen LogP contribution in [0.25, 0.3) is 0 Å². The van der Waals surface area contributed by atoms with Crippen molar-refractivity contribution in [2.45, 2.75) is 57.9 Å². The first kappa shape index (κ1) is 18.8. The number of β-lactam (4-membered cyclic amide) rings is 1. The normalized spacial score (nSPS) is 20.3. The molecule has 1 aliphatic heterocycles. The minimum Gasteiger partial charge on any atom is -0.465 e. The van der Waals surface area contributed by atoms with Crippen molar-refractivity contribution in [1.82, 2.24) is 9.88 Å². The number of pyridine rings is 1. The highest BCUT2D eigenvalue weighted by atomic mass is 16.5. The Morgan fingerprint density at radius 2 is 2.19 bits per heavy atom. The Morgan fingerprint density at radius 1 is 1.38 bits per heavy atom. The largest absolute Gasteiger partial charge is 0.465 e. The molecular weight excluding hydrogens is 330 g/mol. The van der Waals surface area contributed by atoms with Crippen LogP contribution in [0.15, 0.2) is 12.1 Å². The molecule has 1 amide bonds. The van der Waals surface area contributed by atoms with E-state index in [1.54, 1.807) is 11.8 Å².